The Kier molecular flexibility index (Phi) is 8.64. The molecule has 12 heteroatoms. The molecule has 2 amide bonds. The second-order valence-electron chi connectivity index (χ2n) is 11.8. The van der Waals surface area contributed by atoms with Crippen LogP contribution in [-0.2, 0) is 23.9 Å². The summed E-state index contributed by atoms with van der Waals surface area (Å²) in [7, 11) is 4.29. The topological polar surface area (TPSA) is 125 Å². The molecule has 1 aromatic rings. The Balaban J connectivity index is 1.90. The maximum Gasteiger partial charge on any atom is 0.408 e. The van der Waals surface area contributed by atoms with E-state index in [0.717, 1.165) is 0 Å². The molecule has 1 fully saturated rings. The van der Waals surface area contributed by atoms with Gasteiger partial charge in [0, 0.05) is 24.5 Å². The fourth-order valence-electron chi connectivity index (χ4n) is 4.71. The minimum absolute atomic E-state index is 0.0490. The normalized spacial score (nSPS) is 21.6. The van der Waals surface area contributed by atoms with E-state index in [1.807, 2.05) is 20.8 Å². The van der Waals surface area contributed by atoms with Gasteiger partial charge >= 0.3 is 12.1 Å². The highest BCUT2D eigenvalue weighted by Crippen LogP contribution is 2.42. The number of benzene rings is 1. The van der Waals surface area contributed by atoms with Crippen molar-refractivity contribution in [1.29, 1.82) is 0 Å². The van der Waals surface area contributed by atoms with E-state index in [2.05, 4.69) is 10.5 Å². The first-order valence-electron chi connectivity index (χ1n) is 12.6. The molecule has 216 valence electrons. The predicted molar refractivity (Wildman–Crippen MR) is 144 cm³/mol. The largest absolute Gasteiger partial charge is 0.496 e. The van der Waals surface area contributed by atoms with Crippen molar-refractivity contribution < 1.29 is 38.2 Å². The molecule has 0 aromatic heterocycles. The quantitative estimate of drug-likeness (QED) is 0.513. The second-order valence-corrected chi connectivity index (χ2v) is 12.2. The lowest BCUT2D eigenvalue weighted by Crippen LogP contribution is -2.57. The third-order valence-corrected chi connectivity index (χ3v) is 6.85. The van der Waals surface area contributed by atoms with Gasteiger partial charge in [0.1, 0.15) is 29.2 Å². The van der Waals surface area contributed by atoms with Crippen LogP contribution in [0, 0.1) is 5.41 Å². The average Bonchev–Trinajstić information content (AvgIpc) is 3.43. The zero-order chi connectivity index (χ0) is 29.3. The average molecular weight is 568 g/mol. The van der Waals surface area contributed by atoms with E-state index in [1.54, 1.807) is 32.9 Å². The van der Waals surface area contributed by atoms with E-state index in [1.165, 1.54) is 26.2 Å². The minimum Gasteiger partial charge on any atom is -0.496 e. The highest BCUT2D eigenvalue weighted by Gasteiger charge is 2.56. The Morgan fingerprint density at radius 1 is 1.10 bits per heavy atom. The van der Waals surface area contributed by atoms with Gasteiger partial charge in [-0.15, -0.1) is 0 Å². The number of rotatable bonds is 6. The highest BCUT2D eigenvalue weighted by molar-refractivity contribution is 6.32. The van der Waals surface area contributed by atoms with Gasteiger partial charge in [-0.25, -0.2) is 9.59 Å². The molecule has 2 heterocycles. The van der Waals surface area contributed by atoms with Crippen molar-refractivity contribution in [2.24, 2.45) is 10.6 Å². The maximum atomic E-state index is 13.9. The number of alkyl carbamates (subject to hydrolysis) is 1. The number of nitrogens with zero attached hydrogens (tertiary/aromatic N) is 2. The molecule has 0 unspecified atom stereocenters. The summed E-state index contributed by atoms with van der Waals surface area (Å²) in [5.41, 5.74) is -1.28. The van der Waals surface area contributed by atoms with Crippen LogP contribution < -0.4 is 14.8 Å². The van der Waals surface area contributed by atoms with Crippen molar-refractivity contribution in [2.75, 3.05) is 27.9 Å². The van der Waals surface area contributed by atoms with Crippen LogP contribution in [0.2, 0.25) is 5.02 Å². The lowest BCUT2D eigenvalue weighted by molar-refractivity contribution is -0.152. The van der Waals surface area contributed by atoms with Crippen LogP contribution in [0.25, 0.3) is 0 Å². The molecule has 1 aromatic carbocycles. The molecule has 0 bridgehead atoms. The zero-order valence-corrected chi connectivity index (χ0v) is 24.7. The number of nitrogens with one attached hydrogen (secondary N) is 1. The molecule has 1 spiro atoms. The zero-order valence-electron chi connectivity index (χ0n) is 24.0. The summed E-state index contributed by atoms with van der Waals surface area (Å²) in [6.07, 6.45) is -0.304. The molecule has 1 saturated heterocycles. The maximum absolute atomic E-state index is 13.9. The summed E-state index contributed by atoms with van der Waals surface area (Å²) in [6.45, 7) is 10.7. The first kappa shape index (κ1) is 30.3. The Morgan fingerprint density at radius 3 is 2.28 bits per heavy atom. The molecule has 1 N–H and O–H groups in total. The number of amides is 2. The molecular weight excluding hydrogens is 530 g/mol. The number of hydrogen-bond acceptors (Lipinski definition) is 9. The predicted octanol–water partition coefficient (Wildman–Crippen LogP) is 3.93. The third-order valence-electron chi connectivity index (χ3n) is 6.55. The van der Waals surface area contributed by atoms with E-state index >= 15 is 0 Å². The van der Waals surface area contributed by atoms with E-state index in [0.29, 0.717) is 27.8 Å². The van der Waals surface area contributed by atoms with Gasteiger partial charge in [0.05, 0.1) is 38.6 Å². The van der Waals surface area contributed by atoms with E-state index in [-0.39, 0.29) is 19.4 Å². The van der Waals surface area contributed by atoms with E-state index in [9.17, 15) is 14.4 Å². The van der Waals surface area contributed by atoms with Crippen LogP contribution >= 0.6 is 11.6 Å². The van der Waals surface area contributed by atoms with Crippen molar-refractivity contribution in [3.05, 3.63) is 22.7 Å². The SMILES string of the molecule is COC(=O)[C@@H]1C[C@]2(CC(c3cc(Cl)c(OC)cc3OC)=NO2)CN1C(=O)[C@@H](NC(=O)OC(C)(C)C)C(C)(C)C. The molecule has 0 radical (unpaired) electrons. The molecule has 39 heavy (non-hydrogen) atoms. The second kappa shape index (κ2) is 11.1. The molecule has 3 atom stereocenters. The summed E-state index contributed by atoms with van der Waals surface area (Å²) >= 11 is 6.36. The van der Waals surface area contributed by atoms with Crippen LogP contribution in [0.1, 0.15) is 59.9 Å². The number of ether oxygens (including phenoxy) is 4. The molecule has 2 aliphatic heterocycles. The van der Waals surface area contributed by atoms with Gasteiger partial charge in [-0.05, 0) is 32.3 Å². The van der Waals surface area contributed by atoms with Crippen molar-refractivity contribution in [1.82, 2.24) is 10.2 Å². The van der Waals surface area contributed by atoms with Gasteiger partial charge in [-0.3, -0.25) is 4.79 Å². The number of hydrogen-bond donors (Lipinski definition) is 1. The first-order chi connectivity index (χ1) is 18.0. The van der Waals surface area contributed by atoms with E-state index in [4.69, 9.17) is 35.4 Å². The molecule has 3 rings (SSSR count). The van der Waals surface area contributed by atoms with Crippen molar-refractivity contribution in [2.45, 2.75) is 77.7 Å². The lowest BCUT2D eigenvalue weighted by Gasteiger charge is -2.35. The number of oxime groups is 1. The number of methoxy groups -OCH3 is 3. The Hall–Kier alpha value is -3.21. The van der Waals surface area contributed by atoms with Gasteiger partial charge in [-0.1, -0.05) is 37.5 Å². The first-order valence-corrected chi connectivity index (χ1v) is 13.0. The van der Waals surface area contributed by atoms with Gasteiger partial charge < -0.3 is 34.0 Å². The molecular formula is C27H38ClN3O8. The minimum atomic E-state index is -0.990. The van der Waals surface area contributed by atoms with Crippen LogP contribution in [0.5, 0.6) is 11.5 Å². The Morgan fingerprint density at radius 2 is 1.74 bits per heavy atom. The van der Waals surface area contributed by atoms with Crippen LogP contribution in [0.4, 0.5) is 4.79 Å². The molecule has 0 saturated carbocycles. The monoisotopic (exact) mass is 567 g/mol. The molecule has 2 aliphatic rings. The summed E-state index contributed by atoms with van der Waals surface area (Å²) < 4.78 is 21.2. The van der Waals surface area contributed by atoms with Gasteiger partial charge in [0.2, 0.25) is 5.91 Å². The lowest BCUT2D eigenvalue weighted by atomic mass is 9.85. The molecule has 11 nitrogen and oxygen atoms in total. The smallest absolute Gasteiger partial charge is 0.408 e. The number of likely N-dealkylation sites (tertiary alicyclic amines) is 1. The fourth-order valence-corrected chi connectivity index (χ4v) is 4.95. The van der Waals surface area contributed by atoms with Crippen LogP contribution in [-0.4, -0.2) is 79.7 Å². The Labute approximate surface area is 234 Å². The van der Waals surface area contributed by atoms with E-state index < -0.39 is 46.7 Å². The van der Waals surface area contributed by atoms with Crippen molar-refractivity contribution in [3.63, 3.8) is 0 Å². The van der Waals surface area contributed by atoms with Crippen LogP contribution in [0.15, 0.2) is 17.3 Å². The number of carbonyl (C=O) groups is 3. The number of carbonyl (C=O) groups excluding carboxylic acids is 3. The summed E-state index contributed by atoms with van der Waals surface area (Å²) in [5.74, 6) is -0.115. The molecule has 0 aliphatic carbocycles. The third kappa shape index (κ3) is 6.69. The van der Waals surface area contributed by atoms with Gasteiger partial charge in [0.15, 0.2) is 5.60 Å². The summed E-state index contributed by atoms with van der Waals surface area (Å²) in [4.78, 5) is 46.7. The summed E-state index contributed by atoms with van der Waals surface area (Å²) in [6, 6.07) is 1.40. The standard InChI is InChI=1S/C27H38ClN3O8/c1-25(2,3)21(29-24(34)38-26(4,5)6)22(32)31-14-27(13-18(31)23(33)37-9)12-17(30-39-27)15-10-16(28)20(36-8)11-19(15)35-7/h10-11,18,21H,12-14H2,1-9H3,(H,29,34)/t18-,21+,27+/m0/s1. The highest BCUT2D eigenvalue weighted by atomic mass is 35.5. The summed E-state index contributed by atoms with van der Waals surface area (Å²) in [5, 5.41) is 7.37. The van der Waals surface area contributed by atoms with Crippen LogP contribution in [0.3, 0.4) is 0 Å². The van der Waals surface area contributed by atoms with Crippen molar-refractivity contribution >= 4 is 35.3 Å². The Bertz CT molecular complexity index is 1160. The van der Waals surface area contributed by atoms with Gasteiger partial charge in [-0.2, -0.15) is 0 Å². The van der Waals surface area contributed by atoms with Gasteiger partial charge in [0.25, 0.3) is 0 Å². The van der Waals surface area contributed by atoms with Crippen molar-refractivity contribution in [3.8, 4) is 11.5 Å². The number of esters is 1. The number of halogens is 1. The fraction of sp³-hybridized carbons (Fsp3) is 0.630.